The summed E-state index contributed by atoms with van der Waals surface area (Å²) in [6.45, 7) is 3.69. The lowest BCUT2D eigenvalue weighted by molar-refractivity contribution is -0.126. The zero-order chi connectivity index (χ0) is 7.61. The van der Waals surface area contributed by atoms with Crippen molar-refractivity contribution in [3.63, 3.8) is 0 Å². The normalized spacial score (nSPS) is 32.4. The Morgan fingerprint density at radius 3 is 2.90 bits per heavy atom. The van der Waals surface area contributed by atoms with Gasteiger partial charge in [0.1, 0.15) is 0 Å². The summed E-state index contributed by atoms with van der Waals surface area (Å²) in [6, 6.07) is 0. The van der Waals surface area contributed by atoms with Gasteiger partial charge in [0.05, 0.1) is 5.76 Å². The highest BCUT2D eigenvalue weighted by atomic mass is 16.5. The van der Waals surface area contributed by atoms with Gasteiger partial charge in [-0.25, -0.2) is 0 Å². The van der Waals surface area contributed by atoms with Crippen molar-refractivity contribution in [1.29, 1.82) is 0 Å². The third kappa shape index (κ3) is 1.38. The highest BCUT2D eigenvalue weighted by molar-refractivity contribution is 5.62. The van der Waals surface area contributed by atoms with Crippen LogP contribution >= 0.6 is 0 Å². The predicted molar refractivity (Wildman–Crippen MR) is 38.5 cm³/mol. The second-order valence-corrected chi connectivity index (χ2v) is 2.89. The van der Waals surface area contributed by atoms with Gasteiger partial charge in [0, 0.05) is 0 Å². The first-order valence-electron chi connectivity index (χ1n) is 3.48. The Labute approximate surface area is 60.9 Å². The summed E-state index contributed by atoms with van der Waals surface area (Å²) < 4.78 is 5.32. The molecule has 0 aromatic rings. The van der Waals surface area contributed by atoms with E-state index in [1.54, 1.807) is 0 Å². The standard InChI is InChI=1S/C8H12O2/c1-7-4-3-5-8(2,6-9)10-7/h4,6H,3,5H2,1-2H3. The Morgan fingerprint density at radius 2 is 2.50 bits per heavy atom. The van der Waals surface area contributed by atoms with Crippen LogP contribution in [-0.2, 0) is 9.53 Å². The summed E-state index contributed by atoms with van der Waals surface area (Å²) in [5, 5.41) is 0. The molecule has 1 unspecified atom stereocenters. The minimum atomic E-state index is -0.557. The lowest BCUT2D eigenvalue weighted by atomic mass is 9.99. The van der Waals surface area contributed by atoms with Gasteiger partial charge in [-0.2, -0.15) is 0 Å². The fourth-order valence-corrected chi connectivity index (χ4v) is 1.11. The molecule has 1 atom stereocenters. The largest absolute Gasteiger partial charge is 0.485 e. The summed E-state index contributed by atoms with van der Waals surface area (Å²) in [4.78, 5) is 10.5. The molecular weight excluding hydrogens is 128 g/mol. The quantitative estimate of drug-likeness (QED) is 0.518. The zero-order valence-electron chi connectivity index (χ0n) is 6.39. The summed E-state index contributed by atoms with van der Waals surface area (Å²) in [5.74, 6) is 0.862. The van der Waals surface area contributed by atoms with Crippen LogP contribution in [0.25, 0.3) is 0 Å². The molecule has 1 heterocycles. The number of carbonyl (C=O) groups is 1. The van der Waals surface area contributed by atoms with E-state index in [4.69, 9.17) is 4.74 Å². The van der Waals surface area contributed by atoms with Gasteiger partial charge in [0.25, 0.3) is 0 Å². The highest BCUT2D eigenvalue weighted by Crippen LogP contribution is 2.24. The average molecular weight is 140 g/mol. The van der Waals surface area contributed by atoms with E-state index in [9.17, 15) is 4.79 Å². The van der Waals surface area contributed by atoms with Crippen LogP contribution in [0.4, 0.5) is 0 Å². The smallest absolute Gasteiger partial charge is 0.163 e. The number of hydrogen-bond acceptors (Lipinski definition) is 2. The van der Waals surface area contributed by atoms with Crippen LogP contribution in [0.5, 0.6) is 0 Å². The lowest BCUT2D eigenvalue weighted by Gasteiger charge is -2.28. The molecule has 10 heavy (non-hydrogen) atoms. The third-order valence-corrected chi connectivity index (χ3v) is 1.72. The Bertz CT molecular complexity index is 172. The van der Waals surface area contributed by atoms with E-state index in [2.05, 4.69) is 0 Å². The van der Waals surface area contributed by atoms with Crippen molar-refractivity contribution >= 4 is 6.29 Å². The van der Waals surface area contributed by atoms with Crippen molar-refractivity contribution in [1.82, 2.24) is 0 Å². The first-order chi connectivity index (χ1) is 4.66. The van der Waals surface area contributed by atoms with Crippen molar-refractivity contribution in [3.05, 3.63) is 11.8 Å². The predicted octanol–water partition coefficient (Wildman–Crippen LogP) is 1.66. The van der Waals surface area contributed by atoms with E-state index in [0.717, 1.165) is 24.9 Å². The monoisotopic (exact) mass is 140 g/mol. The van der Waals surface area contributed by atoms with Gasteiger partial charge in [-0.15, -0.1) is 0 Å². The first kappa shape index (κ1) is 7.32. The van der Waals surface area contributed by atoms with Crippen LogP contribution in [0.1, 0.15) is 26.7 Å². The van der Waals surface area contributed by atoms with Gasteiger partial charge in [0.15, 0.2) is 11.9 Å². The minimum absolute atomic E-state index is 0.557. The molecule has 0 saturated carbocycles. The zero-order valence-corrected chi connectivity index (χ0v) is 6.39. The molecule has 0 spiro atoms. The summed E-state index contributed by atoms with van der Waals surface area (Å²) in [7, 11) is 0. The van der Waals surface area contributed by atoms with E-state index in [-0.39, 0.29) is 0 Å². The van der Waals surface area contributed by atoms with Crippen molar-refractivity contribution in [2.24, 2.45) is 0 Å². The van der Waals surface area contributed by atoms with E-state index >= 15 is 0 Å². The first-order valence-corrected chi connectivity index (χ1v) is 3.48. The summed E-state index contributed by atoms with van der Waals surface area (Å²) >= 11 is 0. The second kappa shape index (κ2) is 2.45. The maximum absolute atomic E-state index is 10.5. The van der Waals surface area contributed by atoms with Crippen molar-refractivity contribution in [3.8, 4) is 0 Å². The number of rotatable bonds is 1. The number of carbonyl (C=O) groups excluding carboxylic acids is 1. The Kier molecular flexibility index (Phi) is 1.79. The number of allylic oxidation sites excluding steroid dienone is 2. The molecule has 56 valence electrons. The van der Waals surface area contributed by atoms with Gasteiger partial charge >= 0.3 is 0 Å². The molecule has 0 fully saturated rings. The fraction of sp³-hybridized carbons (Fsp3) is 0.625. The van der Waals surface area contributed by atoms with Gasteiger partial charge in [-0.1, -0.05) is 0 Å². The van der Waals surface area contributed by atoms with Gasteiger partial charge in [-0.3, -0.25) is 4.79 Å². The molecule has 1 aliphatic heterocycles. The molecule has 1 rings (SSSR count). The topological polar surface area (TPSA) is 26.3 Å². The molecule has 1 aliphatic rings. The van der Waals surface area contributed by atoms with Crippen molar-refractivity contribution in [2.75, 3.05) is 0 Å². The van der Waals surface area contributed by atoms with E-state index in [0.29, 0.717) is 0 Å². The SMILES string of the molecule is CC1=CCCC(C)(C=O)O1. The van der Waals surface area contributed by atoms with E-state index in [1.807, 2.05) is 19.9 Å². The highest BCUT2D eigenvalue weighted by Gasteiger charge is 2.27. The molecule has 0 aromatic carbocycles. The van der Waals surface area contributed by atoms with Crippen LogP contribution in [0.15, 0.2) is 11.8 Å². The van der Waals surface area contributed by atoms with Gasteiger partial charge in [-0.05, 0) is 32.8 Å². The molecular formula is C8H12O2. The molecule has 0 amide bonds. The summed E-state index contributed by atoms with van der Waals surface area (Å²) in [6.07, 6.45) is 4.63. The molecule has 0 aromatic heterocycles. The molecule has 0 radical (unpaired) electrons. The van der Waals surface area contributed by atoms with Crippen LogP contribution in [0, 0.1) is 0 Å². The molecule has 0 bridgehead atoms. The number of aldehydes is 1. The Morgan fingerprint density at radius 1 is 1.80 bits per heavy atom. The molecule has 0 N–H and O–H groups in total. The molecule has 2 heteroatoms. The maximum atomic E-state index is 10.5. The van der Waals surface area contributed by atoms with Crippen LogP contribution in [0.2, 0.25) is 0 Å². The lowest BCUT2D eigenvalue weighted by Crippen LogP contribution is -2.31. The third-order valence-electron chi connectivity index (χ3n) is 1.72. The van der Waals surface area contributed by atoms with Gasteiger partial charge < -0.3 is 4.74 Å². The van der Waals surface area contributed by atoms with Crippen LogP contribution < -0.4 is 0 Å². The molecule has 0 saturated heterocycles. The van der Waals surface area contributed by atoms with E-state index in [1.165, 1.54) is 0 Å². The fourth-order valence-electron chi connectivity index (χ4n) is 1.11. The summed E-state index contributed by atoms with van der Waals surface area (Å²) in [5.41, 5.74) is -0.557. The second-order valence-electron chi connectivity index (χ2n) is 2.89. The average Bonchev–Trinajstić information content (AvgIpc) is 1.88. The molecule has 2 nitrogen and oxygen atoms in total. The Hall–Kier alpha value is -0.790. The van der Waals surface area contributed by atoms with Crippen molar-refractivity contribution < 1.29 is 9.53 Å². The number of hydrogen-bond donors (Lipinski definition) is 0. The minimum Gasteiger partial charge on any atom is -0.485 e. The molecule has 0 aliphatic carbocycles. The van der Waals surface area contributed by atoms with Crippen molar-refractivity contribution in [2.45, 2.75) is 32.3 Å². The van der Waals surface area contributed by atoms with Gasteiger partial charge in [0.2, 0.25) is 0 Å². The van der Waals surface area contributed by atoms with Crippen LogP contribution in [-0.4, -0.2) is 11.9 Å². The van der Waals surface area contributed by atoms with E-state index < -0.39 is 5.60 Å². The van der Waals surface area contributed by atoms with Crippen LogP contribution in [0.3, 0.4) is 0 Å². The Balaban J connectivity index is 2.68. The maximum Gasteiger partial charge on any atom is 0.163 e. The number of ether oxygens (including phenoxy) is 1.